The number of hydrogen-bond donors (Lipinski definition) is 1. The second-order valence-corrected chi connectivity index (χ2v) is 14.4. The van der Waals surface area contributed by atoms with Gasteiger partial charge in [0.05, 0.1) is 17.3 Å². The van der Waals surface area contributed by atoms with Crippen LogP contribution in [-0.2, 0) is 16.6 Å². The van der Waals surface area contributed by atoms with Crippen molar-refractivity contribution in [2.24, 2.45) is 0 Å². The minimum Gasteiger partial charge on any atom is -0.491 e. The minimum absolute atomic E-state index is 0.294. The average Bonchev–Trinajstić information content (AvgIpc) is 3.02. The van der Waals surface area contributed by atoms with Crippen LogP contribution in [0, 0.1) is 0 Å². The third-order valence-corrected chi connectivity index (χ3v) is 8.89. The van der Waals surface area contributed by atoms with Gasteiger partial charge in [0.2, 0.25) is 0 Å². The number of urea groups is 1. The molecule has 0 aliphatic carbocycles. The van der Waals surface area contributed by atoms with Crippen LogP contribution in [0.3, 0.4) is 0 Å². The van der Waals surface area contributed by atoms with Crippen LogP contribution in [0.5, 0.6) is 5.75 Å². The Hall–Kier alpha value is -2.25. The standard InChI is InChI=1S/C23H28ClN3O3S/c1-23(2,15-6-8-25-9-7-15)20-21(28)27(22(29)26-20)16-10-14-11-17(31(3,4)5)13-30-19(14)18(24)12-16/h6-10,12,17,20H,11,13H2,1-5H3,(H,26,29). The van der Waals surface area contributed by atoms with Gasteiger partial charge >= 0.3 is 6.03 Å². The van der Waals surface area contributed by atoms with Crippen molar-refractivity contribution >= 4 is 39.3 Å². The lowest BCUT2D eigenvalue weighted by Gasteiger charge is -2.39. The average molecular weight is 462 g/mol. The molecule has 166 valence electrons. The summed E-state index contributed by atoms with van der Waals surface area (Å²) in [5.41, 5.74) is 1.74. The maximum Gasteiger partial charge on any atom is 0.329 e. The predicted molar refractivity (Wildman–Crippen MR) is 127 cm³/mol. The number of fused-ring (bicyclic) bond motifs is 1. The zero-order valence-corrected chi connectivity index (χ0v) is 20.0. The van der Waals surface area contributed by atoms with Gasteiger partial charge in [-0.2, -0.15) is 0 Å². The van der Waals surface area contributed by atoms with Gasteiger partial charge < -0.3 is 10.1 Å². The van der Waals surface area contributed by atoms with E-state index in [-0.39, 0.29) is 5.91 Å². The quantitative estimate of drug-likeness (QED) is 0.695. The molecule has 2 atom stereocenters. The number of nitrogens with zero attached hydrogens (tertiary/aromatic N) is 2. The molecule has 1 fully saturated rings. The summed E-state index contributed by atoms with van der Waals surface area (Å²) >= 11 is 6.51. The number of aromatic nitrogens is 1. The van der Waals surface area contributed by atoms with Crippen LogP contribution in [0.1, 0.15) is 25.0 Å². The van der Waals surface area contributed by atoms with Crippen molar-refractivity contribution in [2.45, 2.75) is 37.0 Å². The Morgan fingerprint density at radius 3 is 2.52 bits per heavy atom. The highest BCUT2D eigenvalue weighted by atomic mass is 35.5. The molecule has 3 heterocycles. The fraction of sp³-hybridized carbons (Fsp3) is 0.435. The Morgan fingerprint density at radius 1 is 1.19 bits per heavy atom. The van der Waals surface area contributed by atoms with E-state index in [0.29, 0.717) is 28.3 Å². The number of halogens is 1. The maximum atomic E-state index is 13.4. The number of imide groups is 1. The van der Waals surface area contributed by atoms with Gasteiger partial charge in [-0.05, 0) is 60.6 Å². The van der Waals surface area contributed by atoms with Crippen LogP contribution < -0.4 is 15.0 Å². The summed E-state index contributed by atoms with van der Waals surface area (Å²) in [7, 11) is -0.827. The van der Waals surface area contributed by atoms with E-state index in [1.807, 2.05) is 32.0 Å². The number of amides is 3. The van der Waals surface area contributed by atoms with Crippen molar-refractivity contribution in [3.05, 3.63) is 52.8 Å². The summed E-state index contributed by atoms with van der Waals surface area (Å²) in [5.74, 6) is 0.364. The first kappa shape index (κ1) is 22.0. The normalized spacial score (nSPS) is 22.1. The smallest absolute Gasteiger partial charge is 0.329 e. The van der Waals surface area contributed by atoms with E-state index in [9.17, 15) is 9.59 Å². The molecule has 1 saturated heterocycles. The van der Waals surface area contributed by atoms with E-state index in [1.165, 1.54) is 4.90 Å². The lowest BCUT2D eigenvalue weighted by atomic mass is 9.78. The third kappa shape index (κ3) is 3.89. The molecule has 2 unspecified atom stereocenters. The highest BCUT2D eigenvalue weighted by Crippen LogP contribution is 2.48. The van der Waals surface area contributed by atoms with Crippen LogP contribution in [0.4, 0.5) is 10.5 Å². The molecule has 4 rings (SSSR count). The summed E-state index contributed by atoms with van der Waals surface area (Å²) in [6.07, 6.45) is 11.0. The number of nitrogens with one attached hydrogen (secondary N) is 1. The second kappa shape index (κ2) is 7.71. The van der Waals surface area contributed by atoms with Gasteiger partial charge in [-0.3, -0.25) is 9.78 Å². The number of hydrogen-bond acceptors (Lipinski definition) is 4. The van der Waals surface area contributed by atoms with Gasteiger partial charge in [0.25, 0.3) is 5.91 Å². The monoisotopic (exact) mass is 461 g/mol. The molecule has 0 radical (unpaired) electrons. The molecule has 8 heteroatoms. The Kier molecular flexibility index (Phi) is 5.46. The Balaban J connectivity index is 1.67. The van der Waals surface area contributed by atoms with E-state index in [2.05, 4.69) is 29.1 Å². The van der Waals surface area contributed by atoms with Crippen LogP contribution in [0.15, 0.2) is 36.7 Å². The van der Waals surface area contributed by atoms with Crippen molar-refractivity contribution in [1.82, 2.24) is 10.3 Å². The summed E-state index contributed by atoms with van der Waals surface area (Å²) in [5, 5.41) is 3.69. The molecular weight excluding hydrogens is 434 g/mol. The Labute approximate surface area is 189 Å². The van der Waals surface area contributed by atoms with Gasteiger partial charge in [-0.25, -0.2) is 19.7 Å². The number of pyridine rings is 1. The first-order valence-corrected chi connectivity index (χ1v) is 13.5. The largest absolute Gasteiger partial charge is 0.491 e. The van der Waals surface area contributed by atoms with Crippen molar-refractivity contribution in [3.8, 4) is 5.75 Å². The minimum atomic E-state index is -0.827. The molecule has 2 aliphatic rings. The summed E-state index contributed by atoms with van der Waals surface area (Å²) in [4.78, 5) is 31.5. The van der Waals surface area contributed by atoms with Gasteiger partial charge in [0, 0.05) is 23.1 Å². The van der Waals surface area contributed by atoms with E-state index in [4.69, 9.17) is 16.3 Å². The van der Waals surface area contributed by atoms with Crippen LogP contribution in [0.25, 0.3) is 0 Å². The number of rotatable bonds is 4. The third-order valence-electron chi connectivity index (χ3n) is 6.31. The van der Waals surface area contributed by atoms with Crippen LogP contribution >= 0.6 is 21.6 Å². The first-order chi connectivity index (χ1) is 14.5. The molecule has 6 nitrogen and oxygen atoms in total. The number of benzene rings is 1. The molecule has 0 spiro atoms. The molecule has 1 N–H and O–H groups in total. The molecule has 31 heavy (non-hydrogen) atoms. The first-order valence-electron chi connectivity index (χ1n) is 10.2. The fourth-order valence-corrected chi connectivity index (χ4v) is 5.62. The second-order valence-electron chi connectivity index (χ2n) is 9.50. The number of anilines is 1. The Bertz CT molecular complexity index is 1040. The van der Waals surface area contributed by atoms with E-state index in [0.717, 1.165) is 17.5 Å². The lowest BCUT2D eigenvalue weighted by molar-refractivity contribution is -0.119. The summed E-state index contributed by atoms with van der Waals surface area (Å²) in [6.45, 7) is 4.52. The number of carbonyl (C=O) groups is 2. The van der Waals surface area contributed by atoms with Gasteiger partial charge in [-0.1, -0.05) is 25.4 Å². The zero-order chi connectivity index (χ0) is 22.6. The molecule has 3 amide bonds. The molecule has 2 aromatic rings. The zero-order valence-electron chi connectivity index (χ0n) is 18.4. The van der Waals surface area contributed by atoms with E-state index in [1.54, 1.807) is 18.5 Å². The van der Waals surface area contributed by atoms with E-state index >= 15 is 0 Å². The van der Waals surface area contributed by atoms with Crippen LogP contribution in [0.2, 0.25) is 5.02 Å². The SMILES string of the molecule is CC(C)(c1ccncc1)C1NC(=O)N(c2cc(Cl)c3c(c2)CC(S(C)(C)C)CO3)C1=O. The van der Waals surface area contributed by atoms with Crippen LogP contribution in [-0.4, -0.2) is 53.6 Å². The lowest BCUT2D eigenvalue weighted by Crippen LogP contribution is -2.46. The van der Waals surface area contributed by atoms with Gasteiger partial charge in [0.15, 0.2) is 0 Å². The fourth-order valence-electron chi connectivity index (χ4n) is 4.17. The summed E-state index contributed by atoms with van der Waals surface area (Å²) < 4.78 is 5.98. The topological polar surface area (TPSA) is 71.5 Å². The van der Waals surface area contributed by atoms with Gasteiger partial charge in [-0.15, -0.1) is 0 Å². The van der Waals surface area contributed by atoms with Crippen molar-refractivity contribution in [3.63, 3.8) is 0 Å². The van der Waals surface area contributed by atoms with E-state index < -0.39 is 27.5 Å². The highest BCUT2D eigenvalue weighted by Gasteiger charge is 2.48. The molecule has 0 saturated carbocycles. The molecule has 1 aromatic heterocycles. The predicted octanol–water partition coefficient (Wildman–Crippen LogP) is 4.14. The van der Waals surface area contributed by atoms with Crippen molar-refractivity contribution < 1.29 is 14.3 Å². The Morgan fingerprint density at radius 2 is 1.87 bits per heavy atom. The molecule has 0 bridgehead atoms. The maximum absolute atomic E-state index is 13.4. The van der Waals surface area contributed by atoms with Crippen molar-refractivity contribution in [1.29, 1.82) is 0 Å². The van der Waals surface area contributed by atoms with Crippen molar-refractivity contribution in [2.75, 3.05) is 30.3 Å². The summed E-state index contributed by atoms with van der Waals surface area (Å²) in [6, 6.07) is 6.11. The number of ether oxygens (including phenoxy) is 1. The molecule has 2 aliphatic heterocycles. The highest BCUT2D eigenvalue weighted by molar-refractivity contribution is 8.32. The molecular formula is C23H28ClN3O3S. The molecule has 1 aromatic carbocycles. The number of carbonyl (C=O) groups excluding carboxylic acids is 2. The van der Waals surface area contributed by atoms with Gasteiger partial charge in [0.1, 0.15) is 11.8 Å².